The van der Waals surface area contributed by atoms with E-state index in [-0.39, 0.29) is 0 Å². The number of halogens is 1. The van der Waals surface area contributed by atoms with E-state index in [0.717, 1.165) is 17.1 Å². The maximum Gasteiger partial charge on any atom is 0.123 e. The normalized spacial score (nSPS) is 10.3. The SMILES string of the molecule is COc1ccc(N(C)Cc2nc(N)ccc2Cl)cc1. The lowest BCUT2D eigenvalue weighted by Gasteiger charge is -2.19. The van der Waals surface area contributed by atoms with Crippen LogP contribution in [0.4, 0.5) is 11.5 Å². The molecule has 0 saturated carbocycles. The Morgan fingerprint density at radius 3 is 2.53 bits per heavy atom. The number of nitrogen functional groups attached to an aromatic ring is 1. The van der Waals surface area contributed by atoms with Crippen molar-refractivity contribution in [2.75, 3.05) is 24.8 Å². The predicted octanol–water partition coefficient (Wildman–Crippen LogP) is 2.96. The van der Waals surface area contributed by atoms with Crippen LogP contribution in [0.3, 0.4) is 0 Å². The minimum Gasteiger partial charge on any atom is -0.497 e. The molecule has 0 radical (unpaired) electrons. The van der Waals surface area contributed by atoms with Gasteiger partial charge in [0.15, 0.2) is 0 Å². The highest BCUT2D eigenvalue weighted by Crippen LogP contribution is 2.22. The number of rotatable bonds is 4. The van der Waals surface area contributed by atoms with Crippen LogP contribution in [0.25, 0.3) is 0 Å². The summed E-state index contributed by atoms with van der Waals surface area (Å²) in [6, 6.07) is 11.3. The van der Waals surface area contributed by atoms with E-state index in [4.69, 9.17) is 22.1 Å². The molecule has 0 bridgehead atoms. The molecule has 4 nitrogen and oxygen atoms in total. The summed E-state index contributed by atoms with van der Waals surface area (Å²) in [5, 5.41) is 0.620. The average Bonchev–Trinajstić information content (AvgIpc) is 2.43. The van der Waals surface area contributed by atoms with E-state index in [1.807, 2.05) is 36.2 Å². The molecule has 0 saturated heterocycles. The Balaban J connectivity index is 2.15. The Hall–Kier alpha value is -1.94. The maximum atomic E-state index is 6.11. The van der Waals surface area contributed by atoms with Gasteiger partial charge in [-0.3, -0.25) is 0 Å². The Kier molecular flexibility index (Phi) is 4.12. The van der Waals surface area contributed by atoms with E-state index in [0.29, 0.717) is 17.4 Å². The zero-order chi connectivity index (χ0) is 13.8. The maximum absolute atomic E-state index is 6.11. The lowest BCUT2D eigenvalue weighted by atomic mass is 10.2. The lowest BCUT2D eigenvalue weighted by molar-refractivity contribution is 0.415. The highest BCUT2D eigenvalue weighted by Gasteiger charge is 2.07. The number of aromatic nitrogens is 1. The molecule has 0 fully saturated rings. The van der Waals surface area contributed by atoms with Crippen molar-refractivity contribution < 1.29 is 4.74 Å². The van der Waals surface area contributed by atoms with Gasteiger partial charge in [0.05, 0.1) is 24.4 Å². The molecule has 0 aliphatic rings. The fraction of sp³-hybridized carbons (Fsp3) is 0.214. The number of hydrogen-bond acceptors (Lipinski definition) is 4. The molecule has 1 aromatic carbocycles. The van der Waals surface area contributed by atoms with Crippen molar-refractivity contribution in [3.63, 3.8) is 0 Å². The molecule has 5 heteroatoms. The van der Waals surface area contributed by atoms with Crippen LogP contribution in [-0.4, -0.2) is 19.1 Å². The summed E-state index contributed by atoms with van der Waals surface area (Å²) < 4.78 is 5.13. The van der Waals surface area contributed by atoms with Gasteiger partial charge in [-0.15, -0.1) is 0 Å². The first kappa shape index (κ1) is 13.5. The first-order valence-corrected chi connectivity index (χ1v) is 6.24. The van der Waals surface area contributed by atoms with Gasteiger partial charge in [0.25, 0.3) is 0 Å². The fourth-order valence-corrected chi connectivity index (χ4v) is 1.93. The van der Waals surface area contributed by atoms with Crippen LogP contribution in [0.5, 0.6) is 5.75 Å². The molecule has 0 aliphatic carbocycles. The second-order valence-electron chi connectivity index (χ2n) is 4.22. The summed E-state index contributed by atoms with van der Waals surface area (Å²) in [4.78, 5) is 6.30. The van der Waals surface area contributed by atoms with Crippen LogP contribution in [0, 0.1) is 0 Å². The van der Waals surface area contributed by atoms with Crippen LogP contribution in [0.2, 0.25) is 5.02 Å². The number of nitrogens with zero attached hydrogens (tertiary/aromatic N) is 2. The molecular weight excluding hydrogens is 262 g/mol. The smallest absolute Gasteiger partial charge is 0.123 e. The van der Waals surface area contributed by atoms with Crippen LogP contribution in [0.15, 0.2) is 36.4 Å². The summed E-state index contributed by atoms with van der Waals surface area (Å²) in [5.41, 5.74) is 7.50. The average molecular weight is 278 g/mol. The number of anilines is 2. The molecule has 2 aromatic rings. The molecule has 2 rings (SSSR count). The largest absolute Gasteiger partial charge is 0.497 e. The first-order chi connectivity index (χ1) is 9.10. The summed E-state index contributed by atoms with van der Waals surface area (Å²) in [5.74, 6) is 1.31. The van der Waals surface area contributed by atoms with Crippen molar-refractivity contribution in [3.8, 4) is 5.75 Å². The third-order valence-corrected chi connectivity index (χ3v) is 3.18. The number of ether oxygens (including phenoxy) is 1. The number of hydrogen-bond donors (Lipinski definition) is 1. The molecule has 0 unspecified atom stereocenters. The van der Waals surface area contributed by atoms with E-state index in [1.165, 1.54) is 0 Å². The van der Waals surface area contributed by atoms with E-state index < -0.39 is 0 Å². The van der Waals surface area contributed by atoms with Crippen molar-refractivity contribution >= 4 is 23.1 Å². The molecule has 0 amide bonds. The molecule has 19 heavy (non-hydrogen) atoms. The Bertz CT molecular complexity index is 557. The minimum atomic E-state index is 0.475. The Labute approximate surface area is 117 Å². The topological polar surface area (TPSA) is 51.4 Å². The summed E-state index contributed by atoms with van der Waals surface area (Å²) in [7, 11) is 3.62. The zero-order valence-electron chi connectivity index (χ0n) is 10.9. The number of nitrogens with two attached hydrogens (primary N) is 1. The van der Waals surface area contributed by atoms with Gasteiger partial charge in [0, 0.05) is 12.7 Å². The molecule has 1 heterocycles. The number of benzene rings is 1. The van der Waals surface area contributed by atoms with Gasteiger partial charge in [-0.25, -0.2) is 4.98 Å². The third-order valence-electron chi connectivity index (χ3n) is 2.84. The molecule has 100 valence electrons. The number of pyridine rings is 1. The van der Waals surface area contributed by atoms with E-state index in [9.17, 15) is 0 Å². The molecular formula is C14H16ClN3O. The van der Waals surface area contributed by atoms with E-state index in [2.05, 4.69) is 4.98 Å². The van der Waals surface area contributed by atoms with Crippen molar-refractivity contribution in [1.82, 2.24) is 4.98 Å². The summed E-state index contributed by atoms with van der Waals surface area (Å²) >= 11 is 6.11. The second kappa shape index (κ2) is 5.80. The van der Waals surface area contributed by atoms with Crippen LogP contribution < -0.4 is 15.4 Å². The van der Waals surface area contributed by atoms with E-state index in [1.54, 1.807) is 19.2 Å². The Morgan fingerprint density at radius 2 is 1.89 bits per heavy atom. The van der Waals surface area contributed by atoms with Gasteiger partial charge in [-0.1, -0.05) is 11.6 Å². The number of methoxy groups -OCH3 is 1. The molecule has 0 spiro atoms. The van der Waals surface area contributed by atoms with Gasteiger partial charge in [-0.2, -0.15) is 0 Å². The van der Waals surface area contributed by atoms with Crippen LogP contribution in [-0.2, 0) is 6.54 Å². The lowest BCUT2D eigenvalue weighted by Crippen LogP contribution is -2.17. The first-order valence-electron chi connectivity index (χ1n) is 5.86. The molecule has 0 atom stereocenters. The third kappa shape index (κ3) is 3.29. The standard InChI is InChI=1S/C14H16ClN3O/c1-18(10-3-5-11(19-2)6-4-10)9-13-12(15)7-8-14(16)17-13/h3-8H,9H2,1-2H3,(H2,16,17). The van der Waals surface area contributed by atoms with Crippen molar-refractivity contribution in [1.29, 1.82) is 0 Å². The van der Waals surface area contributed by atoms with Crippen molar-refractivity contribution in [3.05, 3.63) is 47.1 Å². The predicted molar refractivity (Wildman–Crippen MR) is 78.8 cm³/mol. The van der Waals surface area contributed by atoms with Crippen LogP contribution >= 0.6 is 11.6 Å². The van der Waals surface area contributed by atoms with Gasteiger partial charge in [0.2, 0.25) is 0 Å². The minimum absolute atomic E-state index is 0.475. The zero-order valence-corrected chi connectivity index (χ0v) is 11.7. The molecule has 1 aromatic heterocycles. The quantitative estimate of drug-likeness (QED) is 0.933. The summed E-state index contributed by atoms with van der Waals surface area (Å²) in [6.07, 6.45) is 0. The van der Waals surface area contributed by atoms with Crippen molar-refractivity contribution in [2.45, 2.75) is 6.54 Å². The molecule has 2 N–H and O–H groups in total. The van der Waals surface area contributed by atoms with Crippen molar-refractivity contribution in [2.24, 2.45) is 0 Å². The van der Waals surface area contributed by atoms with Gasteiger partial charge in [0.1, 0.15) is 11.6 Å². The highest BCUT2D eigenvalue weighted by molar-refractivity contribution is 6.31. The van der Waals surface area contributed by atoms with E-state index >= 15 is 0 Å². The van der Waals surface area contributed by atoms with Gasteiger partial charge in [-0.05, 0) is 36.4 Å². The van der Waals surface area contributed by atoms with Gasteiger partial charge >= 0.3 is 0 Å². The van der Waals surface area contributed by atoms with Gasteiger partial charge < -0.3 is 15.4 Å². The monoisotopic (exact) mass is 277 g/mol. The second-order valence-corrected chi connectivity index (χ2v) is 4.63. The summed E-state index contributed by atoms with van der Waals surface area (Å²) in [6.45, 7) is 0.593. The highest BCUT2D eigenvalue weighted by atomic mass is 35.5. The Morgan fingerprint density at radius 1 is 1.21 bits per heavy atom. The molecule has 0 aliphatic heterocycles. The van der Waals surface area contributed by atoms with Crippen LogP contribution in [0.1, 0.15) is 5.69 Å². The fourth-order valence-electron chi connectivity index (χ4n) is 1.76.